The van der Waals surface area contributed by atoms with Crippen LogP contribution in [0.1, 0.15) is 68.3 Å². The van der Waals surface area contributed by atoms with Crippen molar-refractivity contribution in [1.29, 1.82) is 0 Å². The third kappa shape index (κ3) is 5.06. The van der Waals surface area contributed by atoms with Gasteiger partial charge in [0.1, 0.15) is 11.7 Å². The fourth-order valence-corrected chi connectivity index (χ4v) is 4.35. The van der Waals surface area contributed by atoms with Gasteiger partial charge in [0, 0.05) is 31.4 Å². The molecule has 2 aliphatic rings. The van der Waals surface area contributed by atoms with Gasteiger partial charge in [0.15, 0.2) is 0 Å². The van der Waals surface area contributed by atoms with Crippen molar-refractivity contribution >= 4 is 17.6 Å². The molecule has 1 aromatic heterocycles. The maximum absolute atomic E-state index is 12.5. The highest BCUT2D eigenvalue weighted by molar-refractivity contribution is 6.05. The molecule has 3 rings (SSSR count). The average Bonchev–Trinajstić information content (AvgIpc) is 2.64. The topological polar surface area (TPSA) is 83.6 Å². The lowest BCUT2D eigenvalue weighted by molar-refractivity contribution is 0.100. The molecule has 1 saturated carbocycles. The number of anilines is 1. The van der Waals surface area contributed by atoms with Gasteiger partial charge in [-0.1, -0.05) is 26.2 Å². The van der Waals surface area contributed by atoms with E-state index < -0.39 is 0 Å². The summed E-state index contributed by atoms with van der Waals surface area (Å²) in [4.78, 5) is 23.3. The first-order valence-electron chi connectivity index (χ1n) is 10.3. The first-order valence-corrected chi connectivity index (χ1v) is 10.3. The highest BCUT2D eigenvalue weighted by Crippen LogP contribution is 2.27. The van der Waals surface area contributed by atoms with Gasteiger partial charge in [0.05, 0.1) is 5.56 Å². The van der Waals surface area contributed by atoms with Crippen LogP contribution in [-0.2, 0) is 0 Å². The van der Waals surface area contributed by atoms with E-state index in [1.54, 1.807) is 6.92 Å². The Hall–Kier alpha value is -1.95. The average molecular weight is 372 g/mol. The summed E-state index contributed by atoms with van der Waals surface area (Å²) >= 11 is 0. The normalized spacial score (nSPS) is 24.9. The number of hydrogen-bond acceptors (Lipinski definition) is 4. The molecule has 27 heavy (non-hydrogen) atoms. The molecule has 0 unspecified atom stereocenters. The number of nitrogens with two attached hydrogens (primary N) is 1. The molecule has 6 nitrogen and oxygen atoms in total. The van der Waals surface area contributed by atoms with Crippen molar-refractivity contribution in [3.8, 4) is 0 Å². The zero-order chi connectivity index (χ0) is 19.4. The Bertz CT molecular complexity index is 692. The summed E-state index contributed by atoms with van der Waals surface area (Å²) in [6.45, 7) is 7.66. The van der Waals surface area contributed by atoms with Crippen molar-refractivity contribution in [2.75, 3.05) is 18.0 Å². The Morgan fingerprint density at radius 3 is 2.70 bits per heavy atom. The van der Waals surface area contributed by atoms with Crippen molar-refractivity contribution in [3.05, 3.63) is 23.4 Å². The van der Waals surface area contributed by atoms with Crippen LogP contribution in [0.2, 0.25) is 0 Å². The second kappa shape index (κ2) is 8.83. The Balaban J connectivity index is 1.71. The summed E-state index contributed by atoms with van der Waals surface area (Å²) in [6, 6.07) is 3.08. The van der Waals surface area contributed by atoms with Crippen LogP contribution in [0.15, 0.2) is 17.3 Å². The molecule has 148 valence electrons. The third-order valence-corrected chi connectivity index (χ3v) is 5.77. The fourth-order valence-electron chi connectivity index (χ4n) is 4.35. The van der Waals surface area contributed by atoms with E-state index in [2.05, 4.69) is 27.1 Å². The standard InChI is InChI=1S/C21H33N5O/c1-14-11-18(21(27)24-16(3)22)20(23-12-14)26-10-9-19(15(2)13-26)25-17-7-5-4-6-8-17/h11-12,15,17,19,25H,4-10,13H2,1-3H3,(H2,22,24,27)/t15-,19+/m0/s1. The number of piperidine rings is 1. The summed E-state index contributed by atoms with van der Waals surface area (Å²) < 4.78 is 0. The molecular formula is C21H33N5O. The van der Waals surface area contributed by atoms with Gasteiger partial charge in [-0.05, 0) is 50.7 Å². The number of hydrogen-bond donors (Lipinski definition) is 2. The van der Waals surface area contributed by atoms with Crippen LogP contribution in [0.5, 0.6) is 0 Å². The van der Waals surface area contributed by atoms with Crippen molar-refractivity contribution < 1.29 is 4.79 Å². The summed E-state index contributed by atoms with van der Waals surface area (Å²) in [6.07, 6.45) is 9.59. The first-order chi connectivity index (χ1) is 12.9. The minimum Gasteiger partial charge on any atom is -0.387 e. The van der Waals surface area contributed by atoms with Crippen molar-refractivity contribution in [2.45, 2.75) is 71.4 Å². The quantitative estimate of drug-likeness (QED) is 0.628. The molecule has 0 aromatic carbocycles. The third-order valence-electron chi connectivity index (χ3n) is 5.77. The molecule has 1 amide bonds. The Morgan fingerprint density at radius 1 is 1.30 bits per heavy atom. The van der Waals surface area contributed by atoms with Gasteiger partial charge in [-0.15, -0.1) is 0 Å². The molecule has 0 bridgehead atoms. The minimum absolute atomic E-state index is 0.274. The Morgan fingerprint density at radius 2 is 2.04 bits per heavy atom. The number of carbonyl (C=O) groups is 1. The van der Waals surface area contributed by atoms with E-state index in [-0.39, 0.29) is 11.7 Å². The summed E-state index contributed by atoms with van der Waals surface area (Å²) in [5, 5.41) is 3.90. The molecular weight excluding hydrogens is 338 g/mol. The summed E-state index contributed by atoms with van der Waals surface area (Å²) in [5.41, 5.74) is 7.11. The lowest BCUT2D eigenvalue weighted by Crippen LogP contribution is -2.52. The number of aliphatic imine (C=N–C) groups is 1. The molecule has 1 aliphatic carbocycles. The zero-order valence-corrected chi connectivity index (χ0v) is 16.9. The van der Waals surface area contributed by atoms with E-state index in [1.807, 2.05) is 19.2 Å². The predicted molar refractivity (Wildman–Crippen MR) is 110 cm³/mol. The lowest BCUT2D eigenvalue weighted by atomic mass is 9.89. The van der Waals surface area contributed by atoms with Gasteiger partial charge < -0.3 is 16.0 Å². The van der Waals surface area contributed by atoms with E-state index in [0.29, 0.717) is 23.6 Å². The SMILES string of the molecule is CC(N)=NC(=O)c1cc(C)cnc1N1CC[C@@H](NC2CCCCC2)[C@@H](C)C1. The first kappa shape index (κ1) is 19.8. The second-order valence-electron chi connectivity index (χ2n) is 8.26. The molecule has 2 fully saturated rings. The van der Waals surface area contributed by atoms with Crippen LogP contribution >= 0.6 is 0 Å². The number of aryl methyl sites for hydroxylation is 1. The fraction of sp³-hybridized carbons (Fsp3) is 0.667. The van der Waals surface area contributed by atoms with Crippen LogP contribution < -0.4 is 16.0 Å². The summed E-state index contributed by atoms with van der Waals surface area (Å²) in [7, 11) is 0. The van der Waals surface area contributed by atoms with Gasteiger partial charge in [-0.2, -0.15) is 4.99 Å². The van der Waals surface area contributed by atoms with Gasteiger partial charge in [-0.25, -0.2) is 4.98 Å². The molecule has 0 spiro atoms. The highest BCUT2D eigenvalue weighted by atomic mass is 16.1. The maximum Gasteiger partial charge on any atom is 0.282 e. The van der Waals surface area contributed by atoms with Crippen LogP contribution in [0.3, 0.4) is 0 Å². The number of carbonyl (C=O) groups excluding carboxylic acids is 1. The number of rotatable bonds is 4. The van der Waals surface area contributed by atoms with E-state index in [4.69, 9.17) is 5.73 Å². The van der Waals surface area contributed by atoms with E-state index >= 15 is 0 Å². The van der Waals surface area contributed by atoms with E-state index in [9.17, 15) is 4.79 Å². The smallest absolute Gasteiger partial charge is 0.282 e. The van der Waals surface area contributed by atoms with E-state index in [1.165, 1.54) is 32.1 Å². The van der Waals surface area contributed by atoms with Crippen molar-refractivity contribution in [2.24, 2.45) is 16.6 Å². The zero-order valence-electron chi connectivity index (χ0n) is 16.9. The minimum atomic E-state index is -0.309. The molecule has 1 aliphatic heterocycles. The van der Waals surface area contributed by atoms with Crippen molar-refractivity contribution in [3.63, 3.8) is 0 Å². The van der Waals surface area contributed by atoms with Crippen LogP contribution in [0, 0.1) is 12.8 Å². The lowest BCUT2D eigenvalue weighted by Gasteiger charge is -2.40. The Labute approximate surface area is 162 Å². The molecule has 6 heteroatoms. The second-order valence-corrected chi connectivity index (χ2v) is 8.26. The number of pyridine rings is 1. The number of nitrogens with one attached hydrogen (secondary N) is 1. The maximum atomic E-state index is 12.5. The van der Waals surface area contributed by atoms with Crippen LogP contribution in [-0.4, -0.2) is 41.9 Å². The van der Waals surface area contributed by atoms with Crippen LogP contribution in [0.4, 0.5) is 5.82 Å². The number of nitrogens with zero attached hydrogens (tertiary/aromatic N) is 3. The van der Waals surface area contributed by atoms with E-state index in [0.717, 1.165) is 30.9 Å². The highest BCUT2D eigenvalue weighted by Gasteiger charge is 2.30. The molecule has 2 atom stereocenters. The van der Waals surface area contributed by atoms with Crippen LogP contribution in [0.25, 0.3) is 0 Å². The molecule has 0 radical (unpaired) electrons. The monoisotopic (exact) mass is 371 g/mol. The van der Waals surface area contributed by atoms with Gasteiger partial charge >= 0.3 is 0 Å². The molecule has 3 N–H and O–H groups in total. The molecule has 2 heterocycles. The number of aromatic nitrogens is 1. The number of amides is 1. The van der Waals surface area contributed by atoms with Gasteiger partial charge in [-0.3, -0.25) is 4.79 Å². The Kier molecular flexibility index (Phi) is 6.47. The number of amidine groups is 1. The van der Waals surface area contributed by atoms with Crippen molar-refractivity contribution in [1.82, 2.24) is 10.3 Å². The van der Waals surface area contributed by atoms with Gasteiger partial charge in [0.25, 0.3) is 5.91 Å². The predicted octanol–water partition coefficient (Wildman–Crippen LogP) is 3.04. The largest absolute Gasteiger partial charge is 0.387 e. The summed E-state index contributed by atoms with van der Waals surface area (Å²) in [5.74, 6) is 1.21. The van der Waals surface area contributed by atoms with Gasteiger partial charge in [0.2, 0.25) is 0 Å². The molecule has 1 saturated heterocycles. The molecule has 1 aromatic rings.